The summed E-state index contributed by atoms with van der Waals surface area (Å²) in [5.74, 6) is 0.963. The number of nitrogens with one attached hydrogen (secondary N) is 2. The molecule has 1 aliphatic carbocycles. The highest BCUT2D eigenvalue weighted by Gasteiger charge is 2.37. The predicted octanol–water partition coefficient (Wildman–Crippen LogP) is 6.21. The number of benzene rings is 3. The summed E-state index contributed by atoms with van der Waals surface area (Å²) >= 11 is 0. The van der Waals surface area contributed by atoms with Crippen molar-refractivity contribution in [2.45, 2.75) is 31.7 Å². The van der Waals surface area contributed by atoms with Crippen LogP contribution in [0.15, 0.2) is 78.0 Å². The Morgan fingerprint density at radius 2 is 1.74 bits per heavy atom. The number of allylic oxidation sites excluding steroid dienone is 1. The molecule has 0 spiro atoms. The average Bonchev–Trinajstić information content (AvgIpc) is 3.01. The van der Waals surface area contributed by atoms with Crippen molar-refractivity contribution in [1.82, 2.24) is 0 Å². The standard InChI is InChI=1S/C28H27FN2O3/c1-3-34-25-13-12-17(16-26(25)33-2)18-14-23-27(24(32)15-18)28(19-8-4-5-9-20(19)29)31-22-11-7-6-10-21(22)30-23/h4-13,16,18,28,30-31H,3,14-15H2,1-2H3/t18-,28+/m1/s1. The van der Waals surface area contributed by atoms with Gasteiger partial charge in [-0.25, -0.2) is 4.39 Å². The van der Waals surface area contributed by atoms with E-state index in [1.165, 1.54) is 6.07 Å². The molecule has 0 fully saturated rings. The van der Waals surface area contributed by atoms with E-state index in [0.29, 0.717) is 42.1 Å². The van der Waals surface area contributed by atoms with Gasteiger partial charge in [-0.3, -0.25) is 4.79 Å². The number of carbonyl (C=O) groups is 1. The normalized spacial score (nSPS) is 19.3. The van der Waals surface area contributed by atoms with Crippen molar-refractivity contribution in [3.05, 3.63) is 94.9 Å². The van der Waals surface area contributed by atoms with Crippen LogP contribution >= 0.6 is 0 Å². The second-order valence-corrected chi connectivity index (χ2v) is 8.53. The van der Waals surface area contributed by atoms with Gasteiger partial charge in [0.1, 0.15) is 5.82 Å². The van der Waals surface area contributed by atoms with Gasteiger partial charge in [0.15, 0.2) is 17.3 Å². The summed E-state index contributed by atoms with van der Waals surface area (Å²) in [6.45, 7) is 2.47. The Hall–Kier alpha value is -3.80. The van der Waals surface area contributed by atoms with Gasteiger partial charge in [-0.2, -0.15) is 0 Å². The molecule has 0 saturated carbocycles. The molecule has 3 aromatic rings. The highest BCUT2D eigenvalue weighted by atomic mass is 19.1. The zero-order chi connectivity index (χ0) is 23.7. The largest absolute Gasteiger partial charge is 0.493 e. The molecule has 6 heteroatoms. The van der Waals surface area contributed by atoms with Crippen LogP contribution in [0.2, 0.25) is 0 Å². The average molecular weight is 459 g/mol. The van der Waals surface area contributed by atoms with Crippen LogP contribution in [-0.2, 0) is 4.79 Å². The maximum Gasteiger partial charge on any atom is 0.163 e. The molecule has 1 aliphatic heterocycles. The highest BCUT2D eigenvalue weighted by molar-refractivity contribution is 6.01. The van der Waals surface area contributed by atoms with Crippen molar-refractivity contribution in [2.24, 2.45) is 0 Å². The van der Waals surface area contributed by atoms with Crippen LogP contribution in [0, 0.1) is 5.82 Å². The zero-order valence-corrected chi connectivity index (χ0v) is 19.2. The van der Waals surface area contributed by atoms with Gasteiger partial charge in [0.05, 0.1) is 31.1 Å². The lowest BCUT2D eigenvalue weighted by Crippen LogP contribution is -2.27. The molecule has 0 bridgehead atoms. The van der Waals surface area contributed by atoms with E-state index < -0.39 is 6.04 Å². The Balaban J connectivity index is 1.57. The third-order valence-corrected chi connectivity index (χ3v) is 6.48. The van der Waals surface area contributed by atoms with Crippen molar-refractivity contribution >= 4 is 17.2 Å². The van der Waals surface area contributed by atoms with E-state index in [1.807, 2.05) is 49.4 Å². The molecule has 0 aromatic heterocycles. The monoisotopic (exact) mass is 458 g/mol. The molecule has 0 saturated heterocycles. The summed E-state index contributed by atoms with van der Waals surface area (Å²) in [6.07, 6.45) is 0.958. The molecule has 2 N–H and O–H groups in total. The Bertz CT molecular complexity index is 1270. The van der Waals surface area contributed by atoms with Crippen LogP contribution in [0.4, 0.5) is 15.8 Å². The molecule has 0 amide bonds. The summed E-state index contributed by atoms with van der Waals surface area (Å²) in [5, 5.41) is 6.91. The first kappa shape index (κ1) is 22.0. The fraction of sp³-hybridized carbons (Fsp3) is 0.250. The maximum atomic E-state index is 14.9. The quantitative estimate of drug-likeness (QED) is 0.476. The molecule has 174 valence electrons. The fourth-order valence-corrected chi connectivity index (χ4v) is 4.88. The fourth-order valence-electron chi connectivity index (χ4n) is 4.88. The Kier molecular flexibility index (Phi) is 5.97. The number of anilines is 2. The van der Waals surface area contributed by atoms with Crippen molar-refractivity contribution in [3.63, 3.8) is 0 Å². The van der Waals surface area contributed by atoms with Crippen molar-refractivity contribution in [3.8, 4) is 11.5 Å². The van der Waals surface area contributed by atoms with Crippen LogP contribution in [0.3, 0.4) is 0 Å². The summed E-state index contributed by atoms with van der Waals surface area (Å²) in [6, 6.07) is 19.7. The number of halogens is 1. The number of Topliss-reactive ketones (excluding diaryl/α,β-unsaturated/α-hetero) is 1. The number of methoxy groups -OCH3 is 1. The molecular weight excluding hydrogens is 431 g/mol. The SMILES string of the molecule is CCOc1ccc([C@H]2CC(=O)C3=C(C2)Nc2ccccc2N[C@H]3c2ccccc2F)cc1OC. The summed E-state index contributed by atoms with van der Waals surface area (Å²) in [5.41, 5.74) is 4.58. The number of hydrogen-bond donors (Lipinski definition) is 2. The Morgan fingerprint density at radius 3 is 2.50 bits per heavy atom. The van der Waals surface area contributed by atoms with Crippen LogP contribution in [0.5, 0.6) is 11.5 Å². The number of para-hydroxylation sites is 2. The molecule has 34 heavy (non-hydrogen) atoms. The van der Waals surface area contributed by atoms with E-state index in [-0.39, 0.29) is 17.5 Å². The van der Waals surface area contributed by atoms with E-state index in [1.54, 1.807) is 25.3 Å². The maximum absolute atomic E-state index is 14.9. The number of rotatable bonds is 5. The minimum absolute atomic E-state index is 0.000149. The lowest BCUT2D eigenvalue weighted by Gasteiger charge is -2.30. The summed E-state index contributed by atoms with van der Waals surface area (Å²) < 4.78 is 26.1. The first-order chi connectivity index (χ1) is 16.6. The first-order valence-electron chi connectivity index (χ1n) is 11.5. The second kappa shape index (κ2) is 9.21. The molecule has 0 radical (unpaired) electrons. The summed E-state index contributed by atoms with van der Waals surface area (Å²) in [4.78, 5) is 13.6. The molecule has 5 rings (SSSR count). The number of ether oxygens (including phenoxy) is 2. The Morgan fingerprint density at radius 1 is 0.971 bits per heavy atom. The van der Waals surface area contributed by atoms with E-state index in [4.69, 9.17) is 9.47 Å². The number of hydrogen-bond acceptors (Lipinski definition) is 5. The van der Waals surface area contributed by atoms with Gasteiger partial charge >= 0.3 is 0 Å². The van der Waals surface area contributed by atoms with Gasteiger partial charge in [0.25, 0.3) is 0 Å². The topological polar surface area (TPSA) is 59.6 Å². The minimum Gasteiger partial charge on any atom is -0.493 e. The van der Waals surface area contributed by atoms with Crippen LogP contribution in [0.25, 0.3) is 0 Å². The number of carbonyl (C=O) groups excluding carboxylic acids is 1. The first-order valence-corrected chi connectivity index (χ1v) is 11.5. The predicted molar refractivity (Wildman–Crippen MR) is 131 cm³/mol. The lowest BCUT2D eigenvalue weighted by molar-refractivity contribution is -0.116. The van der Waals surface area contributed by atoms with Gasteiger partial charge in [-0.1, -0.05) is 36.4 Å². The zero-order valence-electron chi connectivity index (χ0n) is 19.2. The van der Waals surface area contributed by atoms with Crippen LogP contribution in [-0.4, -0.2) is 19.5 Å². The number of fused-ring (bicyclic) bond motifs is 1. The van der Waals surface area contributed by atoms with E-state index in [9.17, 15) is 9.18 Å². The minimum atomic E-state index is -0.573. The third-order valence-electron chi connectivity index (χ3n) is 6.48. The van der Waals surface area contributed by atoms with Gasteiger partial charge in [0.2, 0.25) is 0 Å². The summed E-state index contributed by atoms with van der Waals surface area (Å²) in [7, 11) is 1.61. The van der Waals surface area contributed by atoms with E-state index >= 15 is 0 Å². The Labute approximate surface area is 198 Å². The molecule has 2 aliphatic rings. The molecular formula is C28H27FN2O3. The van der Waals surface area contributed by atoms with E-state index in [0.717, 1.165) is 22.6 Å². The molecule has 1 heterocycles. The van der Waals surface area contributed by atoms with Crippen molar-refractivity contribution in [2.75, 3.05) is 24.4 Å². The highest BCUT2D eigenvalue weighted by Crippen LogP contribution is 2.45. The molecule has 2 atom stereocenters. The van der Waals surface area contributed by atoms with Gasteiger partial charge in [-0.05, 0) is 55.2 Å². The van der Waals surface area contributed by atoms with Crippen molar-refractivity contribution < 1.29 is 18.7 Å². The number of ketones is 1. The van der Waals surface area contributed by atoms with Crippen molar-refractivity contribution in [1.29, 1.82) is 0 Å². The van der Waals surface area contributed by atoms with Crippen LogP contribution in [0.1, 0.15) is 42.9 Å². The third kappa shape index (κ3) is 4.00. The lowest BCUT2D eigenvalue weighted by atomic mass is 9.78. The molecule has 5 nitrogen and oxygen atoms in total. The molecule has 0 unspecified atom stereocenters. The van der Waals surface area contributed by atoms with Crippen LogP contribution < -0.4 is 20.1 Å². The van der Waals surface area contributed by atoms with E-state index in [2.05, 4.69) is 10.6 Å². The van der Waals surface area contributed by atoms with Gasteiger partial charge < -0.3 is 20.1 Å². The smallest absolute Gasteiger partial charge is 0.163 e. The van der Waals surface area contributed by atoms with Gasteiger partial charge in [0, 0.05) is 23.3 Å². The second-order valence-electron chi connectivity index (χ2n) is 8.53. The molecule has 3 aromatic carbocycles. The van der Waals surface area contributed by atoms with Gasteiger partial charge in [-0.15, -0.1) is 0 Å².